The highest BCUT2D eigenvalue weighted by atomic mass is 15.2. The highest BCUT2D eigenvalue weighted by Gasteiger charge is 2.28. The summed E-state index contributed by atoms with van der Waals surface area (Å²) in [6.45, 7) is 1.94. The molecule has 4 rings (SSSR count). The van der Waals surface area contributed by atoms with Gasteiger partial charge in [-0.2, -0.15) is 0 Å². The lowest BCUT2D eigenvalue weighted by molar-refractivity contribution is 0.625. The molecular formula is C18H18N2. The molecule has 3 aliphatic rings. The third-order valence-electron chi connectivity index (χ3n) is 4.27. The van der Waals surface area contributed by atoms with Crippen LogP contribution in [-0.4, -0.2) is 23.8 Å². The maximum Gasteiger partial charge on any atom is 0.104 e. The Labute approximate surface area is 119 Å². The molecule has 0 aromatic heterocycles. The maximum absolute atomic E-state index is 4.84. The van der Waals surface area contributed by atoms with Gasteiger partial charge in [-0.15, -0.1) is 0 Å². The van der Waals surface area contributed by atoms with Gasteiger partial charge in [-0.25, -0.2) is 0 Å². The summed E-state index contributed by atoms with van der Waals surface area (Å²) in [6, 6.07) is 10.8. The molecule has 2 nitrogen and oxygen atoms in total. The molecular weight excluding hydrogens is 244 g/mol. The standard InChI is InChI=1S/C18H18N2/c1-2-7-14(8-3-1)18-16-10-5-4-9-15(16)13-19-17-11-6-12-20(17)18/h1-5,7-9H,6,10-13H2. The first-order chi connectivity index (χ1) is 9.93. The van der Waals surface area contributed by atoms with Crippen molar-refractivity contribution in [3.63, 3.8) is 0 Å². The summed E-state index contributed by atoms with van der Waals surface area (Å²) in [4.78, 5) is 7.29. The molecule has 0 bridgehead atoms. The Hall–Kier alpha value is -2.09. The van der Waals surface area contributed by atoms with Crippen molar-refractivity contribution in [2.45, 2.75) is 19.3 Å². The Kier molecular flexibility index (Phi) is 2.80. The lowest BCUT2D eigenvalue weighted by Crippen LogP contribution is -2.23. The number of rotatable bonds is 1. The van der Waals surface area contributed by atoms with Gasteiger partial charge in [-0.05, 0) is 29.6 Å². The second-order valence-electron chi connectivity index (χ2n) is 5.51. The van der Waals surface area contributed by atoms with E-state index in [2.05, 4.69) is 53.5 Å². The van der Waals surface area contributed by atoms with Gasteiger partial charge >= 0.3 is 0 Å². The fraction of sp³-hybridized carbons (Fsp3) is 0.278. The van der Waals surface area contributed by atoms with Gasteiger partial charge in [-0.3, -0.25) is 4.99 Å². The molecule has 2 heteroatoms. The monoisotopic (exact) mass is 262 g/mol. The second kappa shape index (κ2) is 4.78. The molecule has 20 heavy (non-hydrogen) atoms. The zero-order chi connectivity index (χ0) is 13.4. The van der Waals surface area contributed by atoms with Gasteiger partial charge in [0.15, 0.2) is 0 Å². The summed E-state index contributed by atoms with van der Waals surface area (Å²) in [7, 11) is 0. The maximum atomic E-state index is 4.84. The Bertz CT molecular complexity index is 647. The van der Waals surface area contributed by atoms with E-state index in [9.17, 15) is 0 Å². The minimum atomic E-state index is 0.835. The van der Waals surface area contributed by atoms with Gasteiger partial charge in [0.1, 0.15) is 5.84 Å². The summed E-state index contributed by atoms with van der Waals surface area (Å²) in [5, 5.41) is 0. The Morgan fingerprint density at radius 3 is 2.90 bits per heavy atom. The molecule has 1 aliphatic carbocycles. The van der Waals surface area contributed by atoms with Crippen LogP contribution in [0, 0.1) is 0 Å². The van der Waals surface area contributed by atoms with Gasteiger partial charge in [0.2, 0.25) is 0 Å². The zero-order valence-corrected chi connectivity index (χ0v) is 11.5. The molecule has 0 saturated carbocycles. The average Bonchev–Trinajstić information content (AvgIpc) is 2.90. The lowest BCUT2D eigenvalue weighted by atomic mass is 9.93. The number of hydrogen-bond donors (Lipinski definition) is 0. The molecule has 0 atom stereocenters. The largest absolute Gasteiger partial charge is 0.329 e. The number of nitrogens with zero attached hydrogens (tertiary/aromatic N) is 2. The van der Waals surface area contributed by atoms with E-state index in [1.54, 1.807) is 0 Å². The van der Waals surface area contributed by atoms with E-state index in [0.29, 0.717) is 0 Å². The summed E-state index contributed by atoms with van der Waals surface area (Å²) in [5.41, 5.74) is 5.54. The number of amidine groups is 1. The summed E-state index contributed by atoms with van der Waals surface area (Å²) in [5.74, 6) is 1.27. The minimum absolute atomic E-state index is 0.835. The summed E-state index contributed by atoms with van der Waals surface area (Å²) >= 11 is 0. The predicted molar refractivity (Wildman–Crippen MR) is 83.4 cm³/mol. The zero-order valence-electron chi connectivity index (χ0n) is 11.5. The predicted octanol–water partition coefficient (Wildman–Crippen LogP) is 3.79. The Balaban J connectivity index is 1.93. The number of fused-ring (bicyclic) bond motifs is 2. The fourth-order valence-electron chi connectivity index (χ4n) is 3.33. The van der Waals surface area contributed by atoms with E-state index < -0.39 is 0 Å². The van der Waals surface area contributed by atoms with Crippen molar-refractivity contribution >= 4 is 11.5 Å². The fourth-order valence-corrected chi connectivity index (χ4v) is 3.33. The topological polar surface area (TPSA) is 15.6 Å². The van der Waals surface area contributed by atoms with E-state index in [4.69, 9.17) is 4.99 Å². The minimum Gasteiger partial charge on any atom is -0.329 e. The van der Waals surface area contributed by atoms with Crippen LogP contribution in [0.3, 0.4) is 0 Å². The highest BCUT2D eigenvalue weighted by molar-refractivity contribution is 5.95. The Morgan fingerprint density at radius 2 is 2.00 bits per heavy atom. The number of hydrogen-bond acceptors (Lipinski definition) is 2. The molecule has 0 N–H and O–H groups in total. The highest BCUT2D eigenvalue weighted by Crippen LogP contribution is 2.36. The van der Waals surface area contributed by atoms with Crippen LogP contribution >= 0.6 is 0 Å². The number of aliphatic imine (C=N–C) groups is 1. The smallest absolute Gasteiger partial charge is 0.104 e. The molecule has 0 unspecified atom stereocenters. The first kappa shape index (κ1) is 11.7. The molecule has 1 aromatic rings. The van der Waals surface area contributed by atoms with Crippen LogP contribution in [-0.2, 0) is 0 Å². The first-order valence-electron chi connectivity index (χ1n) is 7.39. The van der Waals surface area contributed by atoms with Crippen molar-refractivity contribution in [1.29, 1.82) is 0 Å². The van der Waals surface area contributed by atoms with Crippen molar-refractivity contribution in [2.24, 2.45) is 4.99 Å². The van der Waals surface area contributed by atoms with Crippen LogP contribution in [0.5, 0.6) is 0 Å². The molecule has 0 amide bonds. The first-order valence-corrected chi connectivity index (χ1v) is 7.39. The molecule has 2 heterocycles. The van der Waals surface area contributed by atoms with Crippen molar-refractivity contribution in [3.8, 4) is 0 Å². The van der Waals surface area contributed by atoms with Crippen LogP contribution < -0.4 is 0 Å². The normalized spacial score (nSPS) is 21.1. The van der Waals surface area contributed by atoms with Gasteiger partial charge in [0.25, 0.3) is 0 Å². The van der Waals surface area contributed by atoms with Crippen molar-refractivity contribution in [3.05, 3.63) is 65.3 Å². The molecule has 1 saturated heterocycles. The van der Waals surface area contributed by atoms with Crippen molar-refractivity contribution < 1.29 is 0 Å². The molecule has 1 fully saturated rings. The molecule has 0 radical (unpaired) electrons. The average molecular weight is 262 g/mol. The third-order valence-corrected chi connectivity index (χ3v) is 4.27. The van der Waals surface area contributed by atoms with Crippen LogP contribution in [0.1, 0.15) is 24.8 Å². The van der Waals surface area contributed by atoms with Gasteiger partial charge in [0, 0.05) is 13.0 Å². The van der Waals surface area contributed by atoms with E-state index in [0.717, 1.165) is 25.9 Å². The van der Waals surface area contributed by atoms with Crippen LogP contribution in [0.25, 0.3) is 5.70 Å². The van der Waals surface area contributed by atoms with Gasteiger partial charge in [-0.1, -0.05) is 48.6 Å². The van der Waals surface area contributed by atoms with Crippen LogP contribution in [0.4, 0.5) is 0 Å². The van der Waals surface area contributed by atoms with E-state index >= 15 is 0 Å². The van der Waals surface area contributed by atoms with Crippen molar-refractivity contribution in [2.75, 3.05) is 13.1 Å². The lowest BCUT2D eigenvalue weighted by Gasteiger charge is -2.25. The second-order valence-corrected chi connectivity index (χ2v) is 5.51. The van der Waals surface area contributed by atoms with Gasteiger partial charge in [0.05, 0.1) is 12.2 Å². The van der Waals surface area contributed by atoms with Gasteiger partial charge < -0.3 is 4.90 Å². The van der Waals surface area contributed by atoms with E-state index in [-0.39, 0.29) is 0 Å². The molecule has 100 valence electrons. The molecule has 1 aromatic carbocycles. The van der Waals surface area contributed by atoms with Crippen LogP contribution in [0.2, 0.25) is 0 Å². The summed E-state index contributed by atoms with van der Waals surface area (Å²) in [6.07, 6.45) is 10.0. The third kappa shape index (κ3) is 1.83. The SMILES string of the molecule is C1=CCC2=C(c3ccccc3)N3CCCC3=NCC2=C1. The summed E-state index contributed by atoms with van der Waals surface area (Å²) < 4.78 is 0. The van der Waals surface area contributed by atoms with Crippen molar-refractivity contribution in [1.82, 2.24) is 4.90 Å². The molecule has 2 aliphatic heterocycles. The van der Waals surface area contributed by atoms with E-state index in [1.807, 2.05) is 0 Å². The number of allylic oxidation sites excluding steroid dienone is 3. The molecule has 0 spiro atoms. The number of benzene rings is 1. The van der Waals surface area contributed by atoms with Crippen LogP contribution in [0.15, 0.2) is 64.7 Å². The Morgan fingerprint density at radius 1 is 1.10 bits per heavy atom. The van der Waals surface area contributed by atoms with E-state index in [1.165, 1.54) is 34.7 Å². The quantitative estimate of drug-likeness (QED) is 0.751.